The van der Waals surface area contributed by atoms with E-state index >= 15 is 0 Å². The third kappa shape index (κ3) is 1.62. The minimum atomic E-state index is -1.07. The van der Waals surface area contributed by atoms with Gasteiger partial charge in [0.1, 0.15) is 12.4 Å². The Morgan fingerprint density at radius 2 is 2.08 bits per heavy atom. The van der Waals surface area contributed by atoms with Crippen LogP contribution in [0.2, 0.25) is 0 Å². The average molecular weight is 184 g/mol. The van der Waals surface area contributed by atoms with Crippen molar-refractivity contribution in [2.45, 2.75) is 19.1 Å². The second-order valence-electron chi connectivity index (χ2n) is 3.53. The van der Waals surface area contributed by atoms with Gasteiger partial charge in [-0.25, -0.2) is 0 Å². The highest BCUT2D eigenvalue weighted by atomic mass is 16.4. The number of rotatable bonds is 0. The Kier molecular flexibility index (Phi) is 2.37. The van der Waals surface area contributed by atoms with E-state index in [-0.39, 0.29) is 6.29 Å². The van der Waals surface area contributed by atoms with E-state index < -0.39 is 6.09 Å². The lowest BCUT2D eigenvalue weighted by molar-refractivity contribution is -0.275. The van der Waals surface area contributed by atoms with Crippen LogP contribution in [-0.4, -0.2) is 48.4 Å². The van der Waals surface area contributed by atoms with Crippen LogP contribution in [0.5, 0.6) is 0 Å². The zero-order chi connectivity index (χ0) is 9.26. The number of amides is 1. The molecule has 0 aromatic rings. The second kappa shape index (κ2) is 3.51. The van der Waals surface area contributed by atoms with Gasteiger partial charge in [0.25, 0.3) is 0 Å². The molecule has 0 aliphatic carbocycles. The Labute approximate surface area is 77.3 Å². The molecular weight excluding hydrogens is 170 g/mol. The van der Waals surface area contributed by atoms with E-state index in [0.717, 1.165) is 32.5 Å². The van der Waals surface area contributed by atoms with Crippen molar-refractivity contribution in [1.29, 1.82) is 0 Å². The first kappa shape index (κ1) is 8.77. The number of nitrogens with zero attached hydrogens (tertiary/aromatic N) is 2. The first-order chi connectivity index (χ1) is 6.29. The topological polar surface area (TPSA) is 58.6 Å². The first-order valence-corrected chi connectivity index (χ1v) is 4.74. The van der Waals surface area contributed by atoms with Crippen LogP contribution in [0.25, 0.3) is 0 Å². The summed E-state index contributed by atoms with van der Waals surface area (Å²) in [6.07, 6.45) is 0.806. The van der Waals surface area contributed by atoms with Gasteiger partial charge in [0.15, 0.2) is 0 Å². The van der Waals surface area contributed by atoms with Crippen molar-refractivity contribution in [3.63, 3.8) is 0 Å². The van der Waals surface area contributed by atoms with Gasteiger partial charge in [-0.1, -0.05) is 0 Å². The smallest absolute Gasteiger partial charge is 0.139 e. The zero-order valence-electron chi connectivity index (χ0n) is 7.53. The van der Waals surface area contributed by atoms with Crippen molar-refractivity contribution in [3.8, 4) is 0 Å². The lowest BCUT2D eigenvalue weighted by Gasteiger charge is -2.47. The van der Waals surface area contributed by atoms with Crippen LogP contribution in [-0.2, 0) is 0 Å². The maximum atomic E-state index is 10.8. The van der Waals surface area contributed by atoms with Crippen molar-refractivity contribution in [2.75, 3.05) is 26.2 Å². The Morgan fingerprint density at radius 1 is 1.31 bits per heavy atom. The molecule has 2 aliphatic rings. The van der Waals surface area contributed by atoms with Crippen LogP contribution in [0.15, 0.2) is 0 Å². The fraction of sp³-hybridized carbons (Fsp3) is 0.875. The highest BCUT2D eigenvalue weighted by Gasteiger charge is 2.30. The van der Waals surface area contributed by atoms with E-state index in [1.165, 1.54) is 4.90 Å². The van der Waals surface area contributed by atoms with E-state index in [1.807, 2.05) is 0 Å². The summed E-state index contributed by atoms with van der Waals surface area (Å²) >= 11 is 0. The summed E-state index contributed by atoms with van der Waals surface area (Å²) in [5, 5.41) is 13.9. The quantitative estimate of drug-likeness (QED) is 0.504. The maximum Gasteiger partial charge on any atom is 0.139 e. The zero-order valence-corrected chi connectivity index (χ0v) is 7.53. The van der Waals surface area contributed by atoms with E-state index in [0.29, 0.717) is 6.54 Å². The van der Waals surface area contributed by atoms with Crippen molar-refractivity contribution in [1.82, 2.24) is 15.1 Å². The van der Waals surface area contributed by atoms with Gasteiger partial charge in [-0.15, -0.1) is 0 Å². The fourth-order valence-corrected chi connectivity index (χ4v) is 2.06. The van der Waals surface area contributed by atoms with Gasteiger partial charge in [-0.3, -0.25) is 10.2 Å². The standard InChI is InChI=1S/C8H15N3O2/c12-8(13)11-6-2-5-10-4-1-3-9-7(10)11/h7,9H,1-6H2,(H,12,13)/p-1. The predicted molar refractivity (Wildman–Crippen MR) is 44.7 cm³/mol. The van der Waals surface area contributed by atoms with Crippen molar-refractivity contribution in [3.05, 3.63) is 0 Å². The summed E-state index contributed by atoms with van der Waals surface area (Å²) in [6, 6.07) is 0. The molecule has 2 fully saturated rings. The Balaban J connectivity index is 2.06. The summed E-state index contributed by atoms with van der Waals surface area (Å²) in [5.74, 6) is 0. The molecule has 0 aromatic heterocycles. The molecule has 0 spiro atoms. The van der Waals surface area contributed by atoms with Crippen molar-refractivity contribution in [2.24, 2.45) is 0 Å². The lowest BCUT2D eigenvalue weighted by Crippen LogP contribution is -2.66. The monoisotopic (exact) mass is 184 g/mol. The second-order valence-corrected chi connectivity index (χ2v) is 3.53. The molecule has 0 radical (unpaired) electrons. The van der Waals surface area contributed by atoms with Crippen LogP contribution < -0.4 is 10.4 Å². The largest absolute Gasteiger partial charge is 0.530 e. The van der Waals surface area contributed by atoms with Gasteiger partial charge < -0.3 is 14.8 Å². The summed E-state index contributed by atoms with van der Waals surface area (Å²) in [7, 11) is 0. The molecule has 0 bridgehead atoms. The normalized spacial score (nSPS) is 29.8. The third-order valence-electron chi connectivity index (χ3n) is 2.67. The minimum Gasteiger partial charge on any atom is -0.530 e. The third-order valence-corrected chi connectivity index (χ3v) is 2.67. The number of carbonyl (C=O) groups is 1. The van der Waals surface area contributed by atoms with Crippen LogP contribution in [0.1, 0.15) is 12.8 Å². The Morgan fingerprint density at radius 3 is 2.85 bits per heavy atom. The molecule has 2 aliphatic heterocycles. The molecule has 13 heavy (non-hydrogen) atoms. The van der Waals surface area contributed by atoms with E-state index in [2.05, 4.69) is 10.2 Å². The molecule has 1 N–H and O–H groups in total. The predicted octanol–water partition coefficient (Wildman–Crippen LogP) is -1.39. The maximum absolute atomic E-state index is 10.8. The summed E-state index contributed by atoms with van der Waals surface area (Å²) in [4.78, 5) is 14.3. The number of carboxylic acid groups (broad SMARTS) is 1. The molecule has 0 aromatic carbocycles. The fourth-order valence-electron chi connectivity index (χ4n) is 2.06. The molecule has 2 rings (SSSR count). The van der Waals surface area contributed by atoms with Gasteiger partial charge in [-0.2, -0.15) is 0 Å². The van der Waals surface area contributed by atoms with E-state index in [9.17, 15) is 9.90 Å². The summed E-state index contributed by atoms with van der Waals surface area (Å²) < 4.78 is 0. The number of hydrogen-bond donors (Lipinski definition) is 1. The molecule has 74 valence electrons. The van der Waals surface area contributed by atoms with Gasteiger partial charge in [0.2, 0.25) is 0 Å². The van der Waals surface area contributed by atoms with E-state index in [1.54, 1.807) is 0 Å². The highest BCUT2D eigenvalue weighted by Crippen LogP contribution is 2.14. The van der Waals surface area contributed by atoms with Gasteiger partial charge >= 0.3 is 0 Å². The molecule has 2 saturated heterocycles. The molecule has 1 unspecified atom stereocenters. The van der Waals surface area contributed by atoms with Crippen LogP contribution >= 0.6 is 0 Å². The van der Waals surface area contributed by atoms with Gasteiger partial charge in [0, 0.05) is 19.6 Å². The Hall–Kier alpha value is -0.810. The van der Waals surface area contributed by atoms with E-state index in [4.69, 9.17) is 0 Å². The number of fused-ring (bicyclic) bond motifs is 1. The summed E-state index contributed by atoms with van der Waals surface area (Å²) in [6.45, 7) is 3.46. The van der Waals surface area contributed by atoms with Gasteiger partial charge in [-0.05, 0) is 19.4 Å². The Bertz CT molecular complexity index is 208. The molecule has 2 heterocycles. The number of hydrogen-bond acceptors (Lipinski definition) is 4. The molecule has 0 saturated carbocycles. The number of carbonyl (C=O) groups excluding carboxylic acids is 1. The lowest BCUT2D eigenvalue weighted by atomic mass is 10.2. The molecule has 5 nitrogen and oxygen atoms in total. The average Bonchev–Trinajstić information content (AvgIpc) is 2.17. The first-order valence-electron chi connectivity index (χ1n) is 4.74. The van der Waals surface area contributed by atoms with Crippen LogP contribution in [0.4, 0.5) is 4.79 Å². The summed E-state index contributed by atoms with van der Waals surface area (Å²) in [5.41, 5.74) is 0. The molecule has 1 atom stereocenters. The van der Waals surface area contributed by atoms with Crippen molar-refractivity contribution >= 4 is 6.09 Å². The minimum absolute atomic E-state index is 0.132. The van der Waals surface area contributed by atoms with Crippen LogP contribution in [0, 0.1) is 0 Å². The molecule has 5 heteroatoms. The number of nitrogens with one attached hydrogen (secondary N) is 1. The highest BCUT2D eigenvalue weighted by molar-refractivity contribution is 5.62. The van der Waals surface area contributed by atoms with Crippen LogP contribution in [0.3, 0.4) is 0 Å². The SMILES string of the molecule is O=C([O-])N1CCCN2CCCNC21. The molecule has 1 amide bonds. The molecular formula is C8H14N3O2-. The van der Waals surface area contributed by atoms with Crippen molar-refractivity contribution < 1.29 is 9.90 Å². The van der Waals surface area contributed by atoms with Gasteiger partial charge in [0.05, 0.1) is 0 Å².